The Labute approximate surface area is 202 Å². The third-order valence-electron chi connectivity index (χ3n) is 6.36. The van der Waals surface area contributed by atoms with Gasteiger partial charge in [0, 0.05) is 62.3 Å². The highest BCUT2D eigenvalue weighted by Gasteiger charge is 2.29. The second-order valence-electron chi connectivity index (χ2n) is 8.74. The lowest BCUT2D eigenvalue weighted by molar-refractivity contribution is 0.586. The molecule has 10 heteroatoms. The number of nitrogens with one attached hydrogen (secondary N) is 2. The van der Waals surface area contributed by atoms with Crippen molar-refractivity contribution in [2.45, 2.75) is 32.2 Å². The molecule has 0 amide bonds. The third-order valence-corrected chi connectivity index (χ3v) is 6.63. The van der Waals surface area contributed by atoms with Gasteiger partial charge in [-0.2, -0.15) is 5.10 Å². The first-order valence-electron chi connectivity index (χ1n) is 11.8. The van der Waals surface area contributed by atoms with E-state index in [9.17, 15) is 0 Å². The van der Waals surface area contributed by atoms with E-state index in [0.717, 1.165) is 55.0 Å². The summed E-state index contributed by atoms with van der Waals surface area (Å²) in [7, 11) is 0. The molecule has 2 aliphatic rings. The molecule has 1 saturated heterocycles. The minimum atomic E-state index is 0.552. The van der Waals surface area contributed by atoms with E-state index < -0.39 is 0 Å². The quantitative estimate of drug-likeness (QED) is 0.432. The maximum Gasteiger partial charge on any atom is 0.172 e. The number of hydrogen-bond donors (Lipinski definition) is 2. The summed E-state index contributed by atoms with van der Waals surface area (Å²) in [5.74, 6) is 3.44. The van der Waals surface area contributed by atoms with Gasteiger partial charge in [0.15, 0.2) is 11.6 Å². The molecule has 5 heterocycles. The van der Waals surface area contributed by atoms with Crippen LogP contribution in [0.4, 0.5) is 17.5 Å². The van der Waals surface area contributed by atoms with E-state index in [0.29, 0.717) is 28.4 Å². The topological polar surface area (TPSA) is 96.7 Å². The lowest BCUT2D eigenvalue weighted by atomic mass is 10.1. The maximum absolute atomic E-state index is 6.33. The van der Waals surface area contributed by atoms with Gasteiger partial charge in [0.05, 0.1) is 11.7 Å². The van der Waals surface area contributed by atoms with Crippen molar-refractivity contribution in [3.63, 3.8) is 0 Å². The predicted molar refractivity (Wildman–Crippen MR) is 134 cm³/mol. The molecular weight excluding hydrogens is 450 g/mol. The van der Waals surface area contributed by atoms with E-state index in [1.807, 2.05) is 31.5 Å². The van der Waals surface area contributed by atoms with Crippen LogP contribution in [0.15, 0.2) is 36.9 Å². The van der Waals surface area contributed by atoms with E-state index in [1.54, 1.807) is 17.1 Å². The number of piperazine rings is 1. The molecule has 6 rings (SSSR count). The van der Waals surface area contributed by atoms with E-state index >= 15 is 0 Å². The van der Waals surface area contributed by atoms with E-state index in [4.69, 9.17) is 21.6 Å². The molecule has 1 aliphatic heterocycles. The Bertz CT molecular complexity index is 1340. The van der Waals surface area contributed by atoms with Crippen molar-refractivity contribution in [3.8, 4) is 11.4 Å². The van der Waals surface area contributed by atoms with E-state index in [1.165, 1.54) is 18.4 Å². The van der Waals surface area contributed by atoms with Gasteiger partial charge in [-0.3, -0.25) is 9.67 Å². The summed E-state index contributed by atoms with van der Waals surface area (Å²) in [5.41, 5.74) is 3.04. The fourth-order valence-corrected chi connectivity index (χ4v) is 4.63. The van der Waals surface area contributed by atoms with Crippen molar-refractivity contribution in [2.24, 2.45) is 0 Å². The lowest BCUT2D eigenvalue weighted by Crippen LogP contribution is -2.44. The smallest absolute Gasteiger partial charge is 0.172 e. The maximum atomic E-state index is 6.33. The molecule has 4 aromatic rings. The van der Waals surface area contributed by atoms with Gasteiger partial charge in [-0.15, -0.1) is 0 Å². The van der Waals surface area contributed by atoms with Gasteiger partial charge in [-0.25, -0.2) is 15.0 Å². The molecule has 0 radical (unpaired) electrons. The molecule has 2 fully saturated rings. The van der Waals surface area contributed by atoms with Crippen LogP contribution in [0.3, 0.4) is 0 Å². The Hall–Kier alpha value is -3.30. The SMILES string of the molecule is CCn1cc(Cl)c(Nc2cc(-c3nc(N4CCNCC4)c4c(C5CC5)cncc4n3)ccn2)n1. The highest BCUT2D eigenvalue weighted by molar-refractivity contribution is 6.33. The molecule has 1 aliphatic carbocycles. The first-order chi connectivity index (χ1) is 16.7. The Kier molecular flexibility index (Phi) is 5.50. The minimum absolute atomic E-state index is 0.552. The Balaban J connectivity index is 1.42. The first kappa shape index (κ1) is 21.2. The number of rotatable bonds is 6. The molecular formula is C24H26ClN9. The standard InChI is InChI=1S/C24H26ClN9/c1-2-34-14-18(25)23(32-34)30-20-11-16(5-6-28-20)22-29-19-13-27-12-17(15-3-4-15)21(19)24(31-22)33-9-7-26-8-10-33/h5-6,11-15,26H,2-4,7-10H2,1H3,(H,28,30,32). The molecule has 9 nitrogen and oxygen atoms in total. The summed E-state index contributed by atoms with van der Waals surface area (Å²) in [6.45, 7) is 6.48. The van der Waals surface area contributed by atoms with Crippen LogP contribution in [0, 0.1) is 0 Å². The van der Waals surface area contributed by atoms with Crippen molar-refractivity contribution in [2.75, 3.05) is 36.4 Å². The van der Waals surface area contributed by atoms with Crippen LogP contribution in [0.25, 0.3) is 22.3 Å². The van der Waals surface area contributed by atoms with Gasteiger partial charge >= 0.3 is 0 Å². The Morgan fingerprint density at radius 3 is 2.79 bits per heavy atom. The summed E-state index contributed by atoms with van der Waals surface area (Å²) >= 11 is 6.33. The van der Waals surface area contributed by atoms with Crippen molar-refractivity contribution in [3.05, 3.63) is 47.5 Å². The second kappa shape index (κ2) is 8.81. The molecule has 2 N–H and O–H groups in total. The lowest BCUT2D eigenvalue weighted by Gasteiger charge is -2.30. The van der Waals surface area contributed by atoms with E-state index in [-0.39, 0.29) is 0 Å². The van der Waals surface area contributed by atoms with Crippen LogP contribution in [-0.2, 0) is 6.54 Å². The predicted octanol–water partition coefficient (Wildman–Crippen LogP) is 3.99. The van der Waals surface area contributed by atoms with Gasteiger partial charge in [0.2, 0.25) is 0 Å². The summed E-state index contributed by atoms with van der Waals surface area (Å²) < 4.78 is 1.78. The van der Waals surface area contributed by atoms with Crippen LogP contribution in [0.2, 0.25) is 5.02 Å². The third kappa shape index (κ3) is 4.05. The zero-order chi connectivity index (χ0) is 23.1. The number of pyridine rings is 2. The average molecular weight is 476 g/mol. The molecule has 1 saturated carbocycles. The van der Waals surface area contributed by atoms with Gasteiger partial charge in [-0.1, -0.05) is 11.6 Å². The molecule has 0 spiro atoms. The summed E-state index contributed by atoms with van der Waals surface area (Å²) in [6, 6.07) is 3.86. The van der Waals surface area contributed by atoms with Gasteiger partial charge in [0.25, 0.3) is 0 Å². The number of aromatic nitrogens is 6. The zero-order valence-electron chi connectivity index (χ0n) is 19.0. The van der Waals surface area contributed by atoms with Crippen molar-refractivity contribution in [1.29, 1.82) is 0 Å². The summed E-state index contributed by atoms with van der Waals surface area (Å²) in [6.07, 6.45) is 9.82. The zero-order valence-corrected chi connectivity index (χ0v) is 19.8. The number of halogens is 1. The molecule has 0 bridgehead atoms. The van der Waals surface area contributed by atoms with Crippen LogP contribution in [0.1, 0.15) is 31.2 Å². The number of fused-ring (bicyclic) bond motifs is 1. The molecule has 0 aromatic carbocycles. The van der Waals surface area contributed by atoms with E-state index in [2.05, 4.69) is 30.6 Å². The average Bonchev–Trinajstić information content (AvgIpc) is 3.67. The fraction of sp³-hybridized carbons (Fsp3) is 0.375. The summed E-state index contributed by atoms with van der Waals surface area (Å²) in [4.78, 5) is 21.4. The van der Waals surface area contributed by atoms with Crippen molar-refractivity contribution in [1.82, 2.24) is 35.0 Å². The number of nitrogens with zero attached hydrogens (tertiary/aromatic N) is 7. The van der Waals surface area contributed by atoms with Gasteiger partial charge in [-0.05, 0) is 43.4 Å². The summed E-state index contributed by atoms with van der Waals surface area (Å²) in [5, 5.41) is 12.8. The molecule has 4 aromatic heterocycles. The van der Waals surface area contributed by atoms with Gasteiger partial charge in [0.1, 0.15) is 16.7 Å². The number of hydrogen-bond acceptors (Lipinski definition) is 8. The number of anilines is 3. The second-order valence-corrected chi connectivity index (χ2v) is 9.15. The van der Waals surface area contributed by atoms with Crippen molar-refractivity contribution < 1.29 is 0 Å². The number of aryl methyl sites for hydroxylation is 1. The highest BCUT2D eigenvalue weighted by atomic mass is 35.5. The normalized spacial score (nSPS) is 16.2. The Morgan fingerprint density at radius 2 is 2.03 bits per heavy atom. The fourth-order valence-electron chi connectivity index (χ4n) is 4.43. The minimum Gasteiger partial charge on any atom is -0.353 e. The largest absolute Gasteiger partial charge is 0.353 e. The van der Waals surface area contributed by atoms with Crippen LogP contribution in [0.5, 0.6) is 0 Å². The molecule has 174 valence electrons. The monoisotopic (exact) mass is 475 g/mol. The van der Waals surface area contributed by atoms with Crippen molar-refractivity contribution >= 4 is 40.0 Å². The highest BCUT2D eigenvalue weighted by Crippen LogP contribution is 2.44. The van der Waals surface area contributed by atoms with Gasteiger partial charge < -0.3 is 15.5 Å². The van der Waals surface area contributed by atoms with Crippen LogP contribution < -0.4 is 15.5 Å². The first-order valence-corrected chi connectivity index (χ1v) is 12.1. The molecule has 34 heavy (non-hydrogen) atoms. The Morgan fingerprint density at radius 1 is 1.18 bits per heavy atom. The van der Waals surface area contributed by atoms with Crippen LogP contribution >= 0.6 is 11.6 Å². The van der Waals surface area contributed by atoms with Crippen LogP contribution in [-0.4, -0.2) is 55.9 Å². The molecule has 0 atom stereocenters. The molecule has 0 unspecified atom stereocenters.